The molecule has 0 aliphatic carbocycles. The van der Waals surface area contributed by atoms with E-state index in [0.717, 1.165) is 50.1 Å². The Morgan fingerprint density at radius 3 is 1.39 bits per heavy atom. The molecule has 0 aliphatic heterocycles. The molecular formula is C52H35NO. The van der Waals surface area contributed by atoms with Crippen molar-refractivity contribution in [2.75, 3.05) is 4.90 Å². The smallest absolute Gasteiger partial charge is 0.136 e. The summed E-state index contributed by atoms with van der Waals surface area (Å²) in [6, 6.07) is 75.9. The second-order valence-corrected chi connectivity index (χ2v) is 13.7. The normalized spacial score (nSPS) is 11.3. The van der Waals surface area contributed by atoms with Gasteiger partial charge in [-0.05, 0) is 98.2 Å². The average Bonchev–Trinajstić information content (AvgIpc) is 3.64. The molecule has 10 rings (SSSR count). The second kappa shape index (κ2) is 13.4. The van der Waals surface area contributed by atoms with Crippen molar-refractivity contribution in [3.8, 4) is 44.5 Å². The lowest BCUT2D eigenvalue weighted by Gasteiger charge is -2.28. The van der Waals surface area contributed by atoms with E-state index in [1.807, 2.05) is 0 Å². The maximum Gasteiger partial charge on any atom is 0.136 e. The van der Waals surface area contributed by atoms with Gasteiger partial charge in [0.05, 0.1) is 5.69 Å². The third-order valence-electron chi connectivity index (χ3n) is 10.5. The zero-order chi connectivity index (χ0) is 35.8. The Morgan fingerprint density at radius 2 is 0.778 bits per heavy atom. The zero-order valence-corrected chi connectivity index (χ0v) is 29.6. The largest absolute Gasteiger partial charge is 0.456 e. The summed E-state index contributed by atoms with van der Waals surface area (Å²) in [6.45, 7) is 0. The Kier molecular flexibility index (Phi) is 7.85. The van der Waals surface area contributed by atoms with Gasteiger partial charge >= 0.3 is 0 Å². The third-order valence-corrected chi connectivity index (χ3v) is 10.5. The van der Waals surface area contributed by atoms with Crippen LogP contribution in [0.4, 0.5) is 17.1 Å². The summed E-state index contributed by atoms with van der Waals surface area (Å²) in [5.74, 6) is 0. The maximum atomic E-state index is 6.38. The van der Waals surface area contributed by atoms with Crippen LogP contribution < -0.4 is 4.90 Å². The van der Waals surface area contributed by atoms with E-state index in [1.54, 1.807) is 0 Å². The van der Waals surface area contributed by atoms with Gasteiger partial charge in [0, 0.05) is 27.7 Å². The van der Waals surface area contributed by atoms with Gasteiger partial charge in [0.2, 0.25) is 0 Å². The van der Waals surface area contributed by atoms with E-state index in [9.17, 15) is 0 Å². The van der Waals surface area contributed by atoms with E-state index >= 15 is 0 Å². The van der Waals surface area contributed by atoms with Crippen LogP contribution >= 0.6 is 0 Å². The molecule has 9 aromatic carbocycles. The van der Waals surface area contributed by atoms with Gasteiger partial charge in [-0.2, -0.15) is 0 Å². The highest BCUT2D eigenvalue weighted by molar-refractivity contribution is 6.19. The van der Waals surface area contributed by atoms with Gasteiger partial charge < -0.3 is 9.32 Å². The number of anilines is 3. The van der Waals surface area contributed by atoms with Gasteiger partial charge in [0.1, 0.15) is 11.2 Å². The molecule has 254 valence electrons. The van der Waals surface area contributed by atoms with Gasteiger partial charge in [-0.1, -0.05) is 164 Å². The Morgan fingerprint density at radius 1 is 0.315 bits per heavy atom. The molecule has 0 fully saturated rings. The number of para-hydroxylation sites is 1. The van der Waals surface area contributed by atoms with Gasteiger partial charge in [-0.15, -0.1) is 0 Å². The fraction of sp³-hybridized carbons (Fsp3) is 0. The van der Waals surface area contributed by atoms with Crippen LogP contribution in [-0.2, 0) is 0 Å². The van der Waals surface area contributed by atoms with E-state index in [4.69, 9.17) is 4.42 Å². The lowest BCUT2D eigenvalue weighted by atomic mass is 9.97. The van der Waals surface area contributed by atoms with E-state index in [-0.39, 0.29) is 0 Å². The summed E-state index contributed by atoms with van der Waals surface area (Å²) in [5.41, 5.74) is 14.5. The van der Waals surface area contributed by atoms with Crippen LogP contribution in [0.3, 0.4) is 0 Å². The molecule has 0 saturated heterocycles. The molecule has 2 heteroatoms. The van der Waals surface area contributed by atoms with Crippen molar-refractivity contribution in [2.45, 2.75) is 0 Å². The number of rotatable bonds is 7. The number of furan rings is 1. The first-order valence-electron chi connectivity index (χ1n) is 18.4. The lowest BCUT2D eigenvalue weighted by Crippen LogP contribution is -2.11. The molecular weight excluding hydrogens is 655 g/mol. The summed E-state index contributed by atoms with van der Waals surface area (Å²) >= 11 is 0. The van der Waals surface area contributed by atoms with E-state index in [2.05, 4.69) is 217 Å². The standard InChI is InChI=1S/C52H35NO/c1-3-11-36(12-4-1)38-19-21-39(22-20-38)41-25-31-45(32-26-41)53(44-29-23-40(24-30-44)37-13-5-2-6-14-37)49-18-10-9-16-46(49)43-28-33-50-48(35-43)52-47-17-8-7-15-42(47)27-34-51(52)54-50/h1-35H. The summed E-state index contributed by atoms with van der Waals surface area (Å²) in [7, 11) is 0. The fourth-order valence-corrected chi connectivity index (χ4v) is 7.78. The van der Waals surface area contributed by atoms with Gasteiger partial charge in [-0.25, -0.2) is 0 Å². The maximum absolute atomic E-state index is 6.38. The Bertz CT molecular complexity index is 2890. The number of nitrogens with zero attached hydrogens (tertiary/aromatic N) is 1. The Labute approximate surface area is 314 Å². The Hall–Kier alpha value is -7.16. The van der Waals surface area contributed by atoms with Crippen molar-refractivity contribution in [1.29, 1.82) is 0 Å². The quantitative estimate of drug-likeness (QED) is 0.166. The zero-order valence-electron chi connectivity index (χ0n) is 29.6. The first-order chi connectivity index (χ1) is 26.8. The van der Waals surface area contributed by atoms with Crippen molar-refractivity contribution < 1.29 is 4.42 Å². The summed E-state index contributed by atoms with van der Waals surface area (Å²) in [4.78, 5) is 2.37. The van der Waals surface area contributed by atoms with E-state index in [0.29, 0.717) is 0 Å². The molecule has 54 heavy (non-hydrogen) atoms. The molecule has 0 amide bonds. The minimum atomic E-state index is 0.892. The monoisotopic (exact) mass is 689 g/mol. The van der Waals surface area contributed by atoms with Crippen LogP contribution in [0.25, 0.3) is 77.2 Å². The van der Waals surface area contributed by atoms with Crippen LogP contribution in [0, 0.1) is 0 Å². The minimum Gasteiger partial charge on any atom is -0.456 e. The highest BCUT2D eigenvalue weighted by atomic mass is 16.3. The summed E-state index contributed by atoms with van der Waals surface area (Å²) in [5, 5.41) is 4.69. The second-order valence-electron chi connectivity index (χ2n) is 13.7. The van der Waals surface area contributed by atoms with E-state index < -0.39 is 0 Å². The first kappa shape index (κ1) is 31.6. The van der Waals surface area contributed by atoms with Crippen LogP contribution in [-0.4, -0.2) is 0 Å². The number of fused-ring (bicyclic) bond motifs is 5. The number of hydrogen-bond donors (Lipinski definition) is 0. The van der Waals surface area contributed by atoms with Crippen LogP contribution in [0.2, 0.25) is 0 Å². The van der Waals surface area contributed by atoms with Crippen LogP contribution in [0.1, 0.15) is 0 Å². The summed E-state index contributed by atoms with van der Waals surface area (Å²) in [6.07, 6.45) is 0. The topological polar surface area (TPSA) is 16.4 Å². The molecule has 0 N–H and O–H groups in total. The summed E-state index contributed by atoms with van der Waals surface area (Å²) < 4.78 is 6.38. The van der Waals surface area contributed by atoms with Gasteiger partial charge in [0.25, 0.3) is 0 Å². The van der Waals surface area contributed by atoms with E-state index in [1.165, 1.54) is 44.2 Å². The average molecular weight is 690 g/mol. The molecule has 1 aromatic heterocycles. The number of benzene rings is 9. The van der Waals surface area contributed by atoms with Gasteiger partial charge in [-0.3, -0.25) is 0 Å². The fourth-order valence-electron chi connectivity index (χ4n) is 7.78. The van der Waals surface area contributed by atoms with Gasteiger partial charge in [0.15, 0.2) is 0 Å². The highest BCUT2D eigenvalue weighted by Crippen LogP contribution is 2.44. The molecule has 0 saturated carbocycles. The Balaban J connectivity index is 1.08. The predicted octanol–water partition coefficient (Wildman–Crippen LogP) is 14.9. The van der Waals surface area contributed by atoms with Crippen molar-refractivity contribution in [2.24, 2.45) is 0 Å². The van der Waals surface area contributed by atoms with Crippen LogP contribution in [0.5, 0.6) is 0 Å². The third kappa shape index (κ3) is 5.71. The molecule has 1 heterocycles. The van der Waals surface area contributed by atoms with Crippen molar-refractivity contribution >= 4 is 49.8 Å². The molecule has 0 unspecified atom stereocenters. The lowest BCUT2D eigenvalue weighted by molar-refractivity contribution is 0.669. The highest BCUT2D eigenvalue weighted by Gasteiger charge is 2.19. The molecule has 2 nitrogen and oxygen atoms in total. The molecule has 0 atom stereocenters. The SMILES string of the molecule is c1ccc(-c2ccc(-c3ccc(N(c4ccc(-c5ccccc5)cc4)c4ccccc4-c4ccc5oc6ccc7ccccc7c6c5c4)cc3)cc2)cc1. The van der Waals surface area contributed by atoms with Crippen molar-refractivity contribution in [3.05, 3.63) is 212 Å². The minimum absolute atomic E-state index is 0.892. The molecule has 0 spiro atoms. The molecule has 0 aliphatic rings. The molecule has 0 radical (unpaired) electrons. The van der Waals surface area contributed by atoms with Crippen molar-refractivity contribution in [1.82, 2.24) is 0 Å². The first-order valence-corrected chi connectivity index (χ1v) is 18.4. The number of hydrogen-bond acceptors (Lipinski definition) is 2. The van der Waals surface area contributed by atoms with Crippen molar-refractivity contribution in [3.63, 3.8) is 0 Å². The molecule has 0 bridgehead atoms. The predicted molar refractivity (Wildman–Crippen MR) is 228 cm³/mol. The van der Waals surface area contributed by atoms with Crippen LogP contribution in [0.15, 0.2) is 217 Å². The molecule has 10 aromatic rings.